The Balaban J connectivity index is 4.46. The molecular formula is C11H18O4Si. The van der Waals surface area contributed by atoms with Crippen LogP contribution >= 0.6 is 0 Å². The van der Waals surface area contributed by atoms with E-state index in [1.54, 1.807) is 12.2 Å². The third kappa shape index (κ3) is 7.00. The average molecular weight is 242 g/mol. The zero-order valence-electron chi connectivity index (χ0n) is 9.99. The minimum atomic E-state index is -2.03. The summed E-state index contributed by atoms with van der Waals surface area (Å²) in [7, 11) is -2.03. The molecule has 0 saturated carbocycles. The molecule has 0 unspecified atom stereocenters. The Morgan fingerprint density at radius 2 is 1.62 bits per heavy atom. The van der Waals surface area contributed by atoms with Gasteiger partial charge in [-0.25, -0.2) is 0 Å². The first-order chi connectivity index (χ1) is 7.39. The van der Waals surface area contributed by atoms with Crippen molar-refractivity contribution in [3.8, 4) is 0 Å². The number of carbonyl (C=O) groups excluding carboxylic acids is 2. The molecule has 0 heterocycles. The van der Waals surface area contributed by atoms with Crippen LogP contribution in [0, 0.1) is 0 Å². The lowest BCUT2D eigenvalue weighted by molar-refractivity contribution is -0.139. The van der Waals surface area contributed by atoms with E-state index in [1.165, 1.54) is 13.8 Å². The van der Waals surface area contributed by atoms with E-state index < -0.39 is 8.07 Å². The molecule has 0 aliphatic rings. The lowest BCUT2D eigenvalue weighted by Crippen LogP contribution is -2.42. The maximum atomic E-state index is 10.8. The monoisotopic (exact) mass is 242 g/mol. The highest BCUT2D eigenvalue weighted by molar-refractivity contribution is 6.83. The Bertz CT molecular complexity index is 278. The summed E-state index contributed by atoms with van der Waals surface area (Å²) >= 11 is 0. The van der Waals surface area contributed by atoms with Gasteiger partial charge in [-0.05, 0) is 0 Å². The van der Waals surface area contributed by atoms with Crippen molar-refractivity contribution in [2.45, 2.75) is 20.4 Å². The number of allylic oxidation sites excluding steroid dienone is 2. The molecule has 5 heteroatoms. The van der Waals surface area contributed by atoms with Crippen molar-refractivity contribution in [1.29, 1.82) is 0 Å². The van der Waals surface area contributed by atoms with Gasteiger partial charge in [0.1, 0.15) is 0 Å². The van der Waals surface area contributed by atoms with Gasteiger partial charge in [0, 0.05) is 13.8 Å². The molecule has 0 spiro atoms. The topological polar surface area (TPSA) is 52.6 Å². The molecule has 0 aromatic rings. The van der Waals surface area contributed by atoms with Crippen molar-refractivity contribution in [2.24, 2.45) is 0 Å². The van der Waals surface area contributed by atoms with Crippen LogP contribution < -0.4 is 0 Å². The minimum Gasteiger partial charge on any atom is -0.469 e. The van der Waals surface area contributed by atoms with Gasteiger partial charge >= 0.3 is 11.9 Å². The zero-order chi connectivity index (χ0) is 12.6. The molecule has 0 radical (unpaired) electrons. The number of hydrogen-bond acceptors (Lipinski definition) is 4. The number of ether oxygens (including phenoxy) is 2. The second kappa shape index (κ2) is 7.00. The van der Waals surface area contributed by atoms with Crippen molar-refractivity contribution in [2.75, 3.05) is 12.5 Å². The second-order valence-electron chi connectivity index (χ2n) is 3.81. The normalized spacial score (nSPS) is 11.2. The lowest BCUT2D eigenvalue weighted by atomic mass is 10.6. The molecular weight excluding hydrogens is 224 g/mol. The molecule has 4 nitrogen and oxygen atoms in total. The first-order valence-corrected chi connectivity index (χ1v) is 7.96. The van der Waals surface area contributed by atoms with Gasteiger partial charge in [0.15, 0.2) is 8.07 Å². The number of rotatable bonds is 6. The molecule has 0 saturated heterocycles. The Kier molecular flexibility index (Phi) is 6.40. The van der Waals surface area contributed by atoms with Crippen LogP contribution in [0.2, 0.25) is 6.55 Å². The molecule has 16 heavy (non-hydrogen) atoms. The van der Waals surface area contributed by atoms with Crippen molar-refractivity contribution in [3.05, 3.63) is 24.4 Å². The Morgan fingerprint density at radius 3 is 1.94 bits per heavy atom. The number of hydrogen-bond donors (Lipinski definition) is 0. The highest BCUT2D eigenvalue weighted by atomic mass is 28.3. The van der Waals surface area contributed by atoms with Crippen LogP contribution in [0.3, 0.4) is 0 Å². The van der Waals surface area contributed by atoms with Crippen molar-refractivity contribution < 1.29 is 19.1 Å². The third-order valence-corrected chi connectivity index (χ3v) is 4.45. The van der Waals surface area contributed by atoms with Crippen LogP contribution in [-0.4, -0.2) is 32.5 Å². The van der Waals surface area contributed by atoms with Crippen LogP contribution in [-0.2, 0) is 19.1 Å². The molecule has 0 bridgehead atoms. The van der Waals surface area contributed by atoms with E-state index >= 15 is 0 Å². The summed E-state index contributed by atoms with van der Waals surface area (Å²) in [6, 6.07) is 0. The molecule has 0 aliphatic carbocycles. The molecule has 0 aromatic carbocycles. The van der Waals surface area contributed by atoms with E-state index in [1.807, 2.05) is 12.2 Å². The van der Waals surface area contributed by atoms with Gasteiger partial charge in [0.2, 0.25) is 0 Å². The quantitative estimate of drug-likeness (QED) is 0.403. The summed E-state index contributed by atoms with van der Waals surface area (Å²) in [5.74, 6) is -0.651. The van der Waals surface area contributed by atoms with E-state index in [9.17, 15) is 9.59 Å². The lowest BCUT2D eigenvalue weighted by Gasteiger charge is -2.21. The standard InChI is InChI=1S/C11H18O4Si/c1-5-6-7-16(4,8-14-10(2)12)9-15-11(3)13/h5-7H,1,8-9H2,2-4H3/b7-6+. The SMILES string of the molecule is C=C/C=C/[Si](C)(COC(C)=O)COC(C)=O. The molecule has 0 aromatic heterocycles. The Morgan fingerprint density at radius 1 is 1.19 bits per heavy atom. The summed E-state index contributed by atoms with van der Waals surface area (Å²) in [5.41, 5.74) is 1.94. The molecule has 0 amide bonds. The first kappa shape index (κ1) is 14.6. The fourth-order valence-electron chi connectivity index (χ4n) is 0.971. The highest BCUT2D eigenvalue weighted by Crippen LogP contribution is 2.07. The fraction of sp³-hybridized carbons (Fsp3) is 0.455. The van der Waals surface area contributed by atoms with Crippen LogP contribution in [0.15, 0.2) is 24.4 Å². The van der Waals surface area contributed by atoms with E-state index in [2.05, 4.69) is 6.58 Å². The van der Waals surface area contributed by atoms with Gasteiger partial charge in [0.05, 0.1) is 12.5 Å². The highest BCUT2D eigenvalue weighted by Gasteiger charge is 2.27. The minimum absolute atomic E-state index is 0.306. The molecule has 0 rings (SSSR count). The fourth-order valence-corrected chi connectivity index (χ4v) is 2.91. The Hall–Kier alpha value is -1.36. The number of esters is 2. The van der Waals surface area contributed by atoms with Gasteiger partial charge in [-0.3, -0.25) is 9.59 Å². The van der Waals surface area contributed by atoms with Gasteiger partial charge in [-0.1, -0.05) is 31.0 Å². The van der Waals surface area contributed by atoms with Crippen molar-refractivity contribution in [3.63, 3.8) is 0 Å². The summed E-state index contributed by atoms with van der Waals surface area (Å²) in [4.78, 5) is 21.5. The van der Waals surface area contributed by atoms with E-state index in [0.717, 1.165) is 0 Å². The molecule has 0 N–H and O–H groups in total. The van der Waals surface area contributed by atoms with E-state index in [-0.39, 0.29) is 11.9 Å². The van der Waals surface area contributed by atoms with Crippen molar-refractivity contribution >= 4 is 20.0 Å². The van der Waals surface area contributed by atoms with Gasteiger partial charge in [0.25, 0.3) is 0 Å². The molecule has 90 valence electrons. The average Bonchev–Trinajstić information content (AvgIpc) is 2.21. The van der Waals surface area contributed by atoms with Crippen LogP contribution in [0.25, 0.3) is 0 Å². The maximum Gasteiger partial charge on any atom is 0.302 e. The van der Waals surface area contributed by atoms with Gasteiger partial charge in [-0.2, -0.15) is 0 Å². The maximum absolute atomic E-state index is 10.8. The second-order valence-corrected chi connectivity index (χ2v) is 8.03. The third-order valence-electron chi connectivity index (χ3n) is 1.85. The smallest absolute Gasteiger partial charge is 0.302 e. The van der Waals surface area contributed by atoms with Crippen LogP contribution in [0.4, 0.5) is 0 Å². The zero-order valence-corrected chi connectivity index (χ0v) is 11.0. The number of carbonyl (C=O) groups is 2. The predicted molar refractivity (Wildman–Crippen MR) is 64.2 cm³/mol. The summed E-state index contributed by atoms with van der Waals surface area (Å²) in [6.07, 6.45) is 4.05. The summed E-state index contributed by atoms with van der Waals surface area (Å²) in [5, 5.41) is 0. The molecule has 0 atom stereocenters. The van der Waals surface area contributed by atoms with Crippen LogP contribution in [0.1, 0.15) is 13.8 Å². The van der Waals surface area contributed by atoms with Crippen molar-refractivity contribution in [1.82, 2.24) is 0 Å². The molecule has 0 fully saturated rings. The van der Waals surface area contributed by atoms with Crippen LogP contribution in [0.5, 0.6) is 0 Å². The summed E-state index contributed by atoms with van der Waals surface area (Å²) < 4.78 is 9.96. The van der Waals surface area contributed by atoms with Gasteiger partial charge in [-0.15, -0.1) is 0 Å². The van der Waals surface area contributed by atoms with Gasteiger partial charge < -0.3 is 9.47 Å². The van der Waals surface area contributed by atoms with E-state index in [4.69, 9.17) is 9.47 Å². The summed E-state index contributed by atoms with van der Waals surface area (Å²) in [6.45, 7) is 8.26. The predicted octanol–water partition coefficient (Wildman–Crippen LogP) is 1.55. The first-order valence-electron chi connectivity index (χ1n) is 4.96. The van der Waals surface area contributed by atoms with E-state index in [0.29, 0.717) is 12.5 Å². The largest absolute Gasteiger partial charge is 0.469 e. The molecule has 0 aliphatic heterocycles. The Labute approximate surface area is 96.9 Å².